The maximum atomic E-state index is 10.9. The highest BCUT2D eigenvalue weighted by atomic mass is 16.3. The Morgan fingerprint density at radius 1 is 1.64 bits per heavy atom. The molecule has 0 heterocycles. The monoisotopic (exact) mass is 160 g/mol. The van der Waals surface area contributed by atoms with Crippen molar-refractivity contribution in [2.75, 3.05) is 20.2 Å². The lowest BCUT2D eigenvalue weighted by molar-refractivity contribution is -0.121. The number of aliphatic hydroxyl groups excluding tert-OH is 1. The minimum Gasteiger partial charge on any atom is -0.394 e. The van der Waals surface area contributed by atoms with Gasteiger partial charge in [-0.15, -0.1) is 0 Å². The predicted molar refractivity (Wildman–Crippen MR) is 43.2 cm³/mol. The molecule has 11 heavy (non-hydrogen) atoms. The number of amides is 1. The van der Waals surface area contributed by atoms with Crippen molar-refractivity contribution in [1.82, 2.24) is 10.6 Å². The maximum absolute atomic E-state index is 10.9. The van der Waals surface area contributed by atoms with E-state index >= 15 is 0 Å². The molecule has 0 fully saturated rings. The fourth-order valence-electron chi connectivity index (χ4n) is 0.716. The van der Waals surface area contributed by atoms with Crippen molar-refractivity contribution in [2.24, 2.45) is 0 Å². The molecule has 3 N–H and O–H groups in total. The maximum Gasteiger partial charge on any atom is 0.234 e. The van der Waals surface area contributed by atoms with Crippen LogP contribution < -0.4 is 10.6 Å². The molecule has 4 nitrogen and oxygen atoms in total. The minimum atomic E-state index is -0.101. The van der Waals surface area contributed by atoms with Crippen LogP contribution in [0.25, 0.3) is 0 Å². The largest absolute Gasteiger partial charge is 0.394 e. The van der Waals surface area contributed by atoms with Gasteiger partial charge in [-0.2, -0.15) is 0 Å². The van der Waals surface area contributed by atoms with Crippen LogP contribution in [-0.2, 0) is 4.79 Å². The summed E-state index contributed by atoms with van der Waals surface area (Å²) in [6.45, 7) is 2.23. The van der Waals surface area contributed by atoms with Crippen molar-refractivity contribution in [3.8, 4) is 0 Å². The Kier molecular flexibility index (Phi) is 5.78. The summed E-state index contributed by atoms with van der Waals surface area (Å²) in [5.41, 5.74) is 0. The first-order valence-electron chi connectivity index (χ1n) is 3.79. The molecule has 0 saturated carbocycles. The number of likely N-dealkylation sites (N-methyl/N-ethyl adjacent to an activating group) is 1. The Morgan fingerprint density at radius 2 is 2.27 bits per heavy atom. The van der Waals surface area contributed by atoms with Gasteiger partial charge in [0, 0.05) is 0 Å². The van der Waals surface area contributed by atoms with Crippen LogP contribution in [0.4, 0.5) is 0 Å². The first-order valence-corrected chi connectivity index (χ1v) is 3.79. The first-order chi connectivity index (χ1) is 5.24. The average Bonchev–Trinajstić information content (AvgIpc) is 2.01. The van der Waals surface area contributed by atoms with Gasteiger partial charge < -0.3 is 15.7 Å². The van der Waals surface area contributed by atoms with Crippen LogP contribution in [-0.4, -0.2) is 37.3 Å². The van der Waals surface area contributed by atoms with Crippen LogP contribution in [0.5, 0.6) is 0 Å². The average molecular weight is 160 g/mol. The zero-order valence-electron chi connectivity index (χ0n) is 7.05. The number of carbonyl (C=O) groups is 1. The molecule has 1 atom stereocenters. The smallest absolute Gasteiger partial charge is 0.234 e. The number of hydrogen-bond acceptors (Lipinski definition) is 3. The second-order valence-corrected chi connectivity index (χ2v) is 2.39. The lowest BCUT2D eigenvalue weighted by Crippen LogP contribution is -2.41. The highest BCUT2D eigenvalue weighted by molar-refractivity contribution is 5.78. The topological polar surface area (TPSA) is 61.4 Å². The van der Waals surface area contributed by atoms with Gasteiger partial charge in [0.1, 0.15) is 0 Å². The molecule has 1 amide bonds. The third kappa shape index (κ3) is 4.75. The summed E-state index contributed by atoms with van der Waals surface area (Å²) >= 11 is 0. The van der Waals surface area contributed by atoms with Gasteiger partial charge in [0.2, 0.25) is 5.91 Å². The van der Waals surface area contributed by atoms with Gasteiger partial charge in [0.15, 0.2) is 0 Å². The molecule has 0 aromatic heterocycles. The van der Waals surface area contributed by atoms with Gasteiger partial charge in [0.05, 0.1) is 19.2 Å². The summed E-state index contributed by atoms with van der Waals surface area (Å²) in [6, 6.07) is -0.101. The number of carbonyl (C=O) groups excluding carboxylic acids is 1. The molecule has 0 unspecified atom stereocenters. The van der Waals surface area contributed by atoms with E-state index < -0.39 is 0 Å². The van der Waals surface area contributed by atoms with Crippen LogP contribution in [0.3, 0.4) is 0 Å². The first kappa shape index (κ1) is 10.4. The second kappa shape index (κ2) is 6.12. The Morgan fingerprint density at radius 3 is 2.64 bits per heavy atom. The lowest BCUT2D eigenvalue weighted by atomic mass is 10.2. The van der Waals surface area contributed by atoms with Crippen LogP contribution in [0, 0.1) is 0 Å². The molecule has 4 heteroatoms. The summed E-state index contributed by atoms with van der Waals surface area (Å²) in [5.74, 6) is -0.0756. The number of nitrogens with one attached hydrogen (secondary N) is 2. The summed E-state index contributed by atoms with van der Waals surface area (Å²) in [6.07, 6.45) is 0.756. The summed E-state index contributed by atoms with van der Waals surface area (Å²) in [4.78, 5) is 10.9. The number of rotatable bonds is 5. The van der Waals surface area contributed by atoms with Gasteiger partial charge in [0.25, 0.3) is 0 Å². The van der Waals surface area contributed by atoms with Crippen molar-refractivity contribution >= 4 is 5.91 Å². The molecule has 0 rings (SSSR count). The van der Waals surface area contributed by atoms with E-state index in [0.29, 0.717) is 6.54 Å². The molecule has 0 aliphatic carbocycles. The highest BCUT2D eigenvalue weighted by Crippen LogP contribution is 1.87. The summed E-state index contributed by atoms with van der Waals surface area (Å²) in [7, 11) is 1.71. The molecule has 0 radical (unpaired) electrons. The quantitative estimate of drug-likeness (QED) is 0.488. The minimum absolute atomic E-state index is 0.00591. The molecule has 66 valence electrons. The predicted octanol–water partition coefficient (Wildman–Crippen LogP) is -0.907. The SMILES string of the molecule is CC[C@@H](CO)NC(=O)CNC. The Bertz CT molecular complexity index is 113. The normalized spacial score (nSPS) is 12.6. The van der Waals surface area contributed by atoms with E-state index in [1.165, 1.54) is 0 Å². The van der Waals surface area contributed by atoms with Gasteiger partial charge in [-0.3, -0.25) is 4.79 Å². The van der Waals surface area contributed by atoms with E-state index in [4.69, 9.17) is 5.11 Å². The Balaban J connectivity index is 3.54. The number of aliphatic hydroxyl groups is 1. The van der Waals surface area contributed by atoms with E-state index in [2.05, 4.69) is 10.6 Å². The molecule has 0 aromatic carbocycles. The summed E-state index contributed by atoms with van der Waals surface area (Å²) < 4.78 is 0. The van der Waals surface area contributed by atoms with Gasteiger partial charge in [-0.05, 0) is 13.5 Å². The van der Waals surface area contributed by atoms with Gasteiger partial charge in [-0.1, -0.05) is 6.92 Å². The van der Waals surface area contributed by atoms with E-state index in [1.54, 1.807) is 7.05 Å². The molecule has 0 aliphatic rings. The zero-order chi connectivity index (χ0) is 8.69. The van der Waals surface area contributed by atoms with E-state index in [9.17, 15) is 4.79 Å². The highest BCUT2D eigenvalue weighted by Gasteiger charge is 2.06. The van der Waals surface area contributed by atoms with Crippen molar-refractivity contribution in [1.29, 1.82) is 0 Å². The Labute approximate surface area is 67.0 Å². The van der Waals surface area contributed by atoms with Crippen molar-refractivity contribution in [2.45, 2.75) is 19.4 Å². The van der Waals surface area contributed by atoms with Crippen molar-refractivity contribution in [3.05, 3.63) is 0 Å². The fourth-order valence-corrected chi connectivity index (χ4v) is 0.716. The second-order valence-electron chi connectivity index (χ2n) is 2.39. The molecular weight excluding hydrogens is 144 g/mol. The van der Waals surface area contributed by atoms with E-state index in [-0.39, 0.29) is 18.6 Å². The molecule has 0 spiro atoms. The van der Waals surface area contributed by atoms with E-state index in [0.717, 1.165) is 6.42 Å². The fraction of sp³-hybridized carbons (Fsp3) is 0.857. The van der Waals surface area contributed by atoms with Crippen LogP contribution in [0.2, 0.25) is 0 Å². The van der Waals surface area contributed by atoms with Crippen molar-refractivity contribution in [3.63, 3.8) is 0 Å². The van der Waals surface area contributed by atoms with Crippen LogP contribution in [0.15, 0.2) is 0 Å². The third-order valence-corrected chi connectivity index (χ3v) is 1.42. The standard InChI is InChI=1S/C7H16N2O2/c1-3-6(5-10)9-7(11)4-8-2/h6,8,10H,3-5H2,1-2H3,(H,9,11)/t6-/m0/s1. The molecule has 0 aromatic rings. The number of hydrogen-bond donors (Lipinski definition) is 3. The molecule has 0 bridgehead atoms. The lowest BCUT2D eigenvalue weighted by Gasteiger charge is -2.13. The molecular formula is C7H16N2O2. The van der Waals surface area contributed by atoms with E-state index in [1.807, 2.05) is 6.92 Å². The third-order valence-electron chi connectivity index (χ3n) is 1.42. The van der Waals surface area contributed by atoms with Crippen LogP contribution in [0.1, 0.15) is 13.3 Å². The van der Waals surface area contributed by atoms with Gasteiger partial charge in [-0.25, -0.2) is 0 Å². The van der Waals surface area contributed by atoms with Crippen LogP contribution >= 0.6 is 0 Å². The zero-order valence-corrected chi connectivity index (χ0v) is 7.05. The molecule has 0 aliphatic heterocycles. The van der Waals surface area contributed by atoms with Crippen molar-refractivity contribution < 1.29 is 9.90 Å². The molecule has 0 saturated heterocycles. The Hall–Kier alpha value is -0.610. The van der Waals surface area contributed by atoms with Gasteiger partial charge >= 0.3 is 0 Å². The summed E-state index contributed by atoms with van der Waals surface area (Å²) in [5, 5.41) is 14.1.